The van der Waals surface area contributed by atoms with Crippen molar-refractivity contribution in [3.8, 4) is 5.75 Å². The Hall–Kier alpha value is -2.30. The van der Waals surface area contributed by atoms with Crippen molar-refractivity contribution >= 4 is 6.21 Å². The highest BCUT2D eigenvalue weighted by molar-refractivity contribution is 5.66. The van der Waals surface area contributed by atoms with E-state index in [4.69, 9.17) is 9.94 Å². The normalized spacial score (nSPS) is 12.7. The summed E-state index contributed by atoms with van der Waals surface area (Å²) in [5, 5.41) is 11.6. The molecule has 0 aliphatic rings. The maximum absolute atomic E-state index is 8.56. The number of benzene rings is 1. The van der Waals surface area contributed by atoms with E-state index in [0.29, 0.717) is 6.61 Å². The van der Waals surface area contributed by atoms with Gasteiger partial charge >= 0.3 is 0 Å². The van der Waals surface area contributed by atoms with Gasteiger partial charge < -0.3 is 14.9 Å². The number of hydrogen-bond acceptors (Lipinski definition) is 4. The summed E-state index contributed by atoms with van der Waals surface area (Å²) in [4.78, 5) is 7.05. The molecule has 106 valence electrons. The number of nitrogens with zero attached hydrogens (tertiary/aromatic N) is 2. The first-order chi connectivity index (χ1) is 9.79. The van der Waals surface area contributed by atoms with E-state index in [0.717, 1.165) is 29.8 Å². The summed E-state index contributed by atoms with van der Waals surface area (Å²) in [6.07, 6.45) is 6.87. The van der Waals surface area contributed by atoms with E-state index in [1.165, 1.54) is 6.21 Å². The molecule has 1 atom stereocenters. The first-order valence-corrected chi connectivity index (χ1v) is 6.67. The fourth-order valence-electron chi connectivity index (χ4n) is 1.95. The fraction of sp³-hybridized carbons (Fsp3) is 0.333. The summed E-state index contributed by atoms with van der Waals surface area (Å²) < 4.78 is 5.73. The van der Waals surface area contributed by atoms with Gasteiger partial charge in [-0.2, -0.15) is 0 Å². The molecule has 1 unspecified atom stereocenters. The van der Waals surface area contributed by atoms with Crippen LogP contribution in [0.15, 0.2) is 41.9 Å². The molecule has 0 radical (unpaired) electrons. The van der Waals surface area contributed by atoms with Crippen molar-refractivity contribution in [2.75, 3.05) is 6.61 Å². The highest BCUT2D eigenvalue weighted by atomic mass is 16.5. The molecular formula is C15H19N3O2. The summed E-state index contributed by atoms with van der Waals surface area (Å²) in [5.74, 6) is 0.902. The highest BCUT2D eigenvalue weighted by Gasteiger charge is 2.04. The minimum absolute atomic E-state index is 0.0635. The Morgan fingerprint density at radius 3 is 3.15 bits per heavy atom. The van der Waals surface area contributed by atoms with Crippen molar-refractivity contribution in [1.29, 1.82) is 0 Å². The number of imidazole rings is 1. The number of oxime groups is 1. The summed E-state index contributed by atoms with van der Waals surface area (Å²) in [5.41, 5.74) is 2.18. The number of aromatic amines is 1. The van der Waals surface area contributed by atoms with Gasteiger partial charge in [0.2, 0.25) is 0 Å². The Kier molecular flexibility index (Phi) is 5.17. The van der Waals surface area contributed by atoms with Gasteiger partial charge in [0, 0.05) is 17.8 Å². The smallest absolute Gasteiger partial charge is 0.119 e. The van der Waals surface area contributed by atoms with Crippen LogP contribution in [0.1, 0.15) is 30.5 Å². The van der Waals surface area contributed by atoms with Crippen LogP contribution in [0, 0.1) is 0 Å². The molecule has 2 aromatic rings. The Balaban J connectivity index is 1.82. The van der Waals surface area contributed by atoms with E-state index in [2.05, 4.69) is 15.1 Å². The molecule has 0 bridgehead atoms. The molecule has 1 heterocycles. The Morgan fingerprint density at radius 2 is 2.40 bits per heavy atom. The van der Waals surface area contributed by atoms with Gasteiger partial charge in [-0.25, -0.2) is 4.98 Å². The summed E-state index contributed by atoms with van der Waals surface area (Å²) in [6, 6.07) is 7.84. The van der Waals surface area contributed by atoms with Crippen LogP contribution in [0.2, 0.25) is 0 Å². The number of rotatable bonds is 7. The standard InChI is InChI=1S/C15H19N3O2/c1-12(9-18-19)13-4-2-6-15(8-13)20-7-3-5-14-10-16-11-17-14/h2,4,6,8-12,19H,3,5,7H2,1H3,(H,16,17)/b18-9-. The minimum Gasteiger partial charge on any atom is -0.494 e. The van der Waals surface area contributed by atoms with Crippen molar-refractivity contribution in [3.63, 3.8) is 0 Å². The van der Waals surface area contributed by atoms with E-state index < -0.39 is 0 Å². The van der Waals surface area contributed by atoms with Gasteiger partial charge in [0.15, 0.2) is 0 Å². The van der Waals surface area contributed by atoms with E-state index in [1.807, 2.05) is 37.4 Å². The van der Waals surface area contributed by atoms with Crippen LogP contribution in [0.25, 0.3) is 0 Å². The summed E-state index contributed by atoms with van der Waals surface area (Å²) in [7, 11) is 0. The first-order valence-electron chi connectivity index (χ1n) is 6.67. The lowest BCUT2D eigenvalue weighted by Crippen LogP contribution is -2.01. The monoisotopic (exact) mass is 273 g/mol. The van der Waals surface area contributed by atoms with Crippen LogP contribution in [0.4, 0.5) is 0 Å². The van der Waals surface area contributed by atoms with Gasteiger partial charge in [-0.15, -0.1) is 5.16 Å². The fourth-order valence-corrected chi connectivity index (χ4v) is 1.95. The zero-order valence-electron chi connectivity index (χ0n) is 11.5. The lowest BCUT2D eigenvalue weighted by molar-refractivity contribution is 0.310. The van der Waals surface area contributed by atoms with Gasteiger partial charge in [0.1, 0.15) is 5.75 Å². The zero-order valence-corrected chi connectivity index (χ0v) is 11.5. The molecule has 2 rings (SSSR count). The maximum atomic E-state index is 8.56. The van der Waals surface area contributed by atoms with Crippen LogP contribution >= 0.6 is 0 Å². The predicted molar refractivity (Wildman–Crippen MR) is 77.5 cm³/mol. The third kappa shape index (κ3) is 4.12. The van der Waals surface area contributed by atoms with Crippen LogP contribution in [-0.4, -0.2) is 28.0 Å². The molecule has 0 amide bonds. The molecular weight excluding hydrogens is 254 g/mol. The van der Waals surface area contributed by atoms with Crippen LogP contribution < -0.4 is 4.74 Å². The Bertz CT molecular complexity index is 538. The third-order valence-electron chi connectivity index (χ3n) is 3.09. The lowest BCUT2D eigenvalue weighted by atomic mass is 10.0. The minimum atomic E-state index is 0.0635. The van der Waals surface area contributed by atoms with Crippen LogP contribution in [-0.2, 0) is 6.42 Å². The molecule has 5 nitrogen and oxygen atoms in total. The second-order valence-electron chi connectivity index (χ2n) is 4.65. The van der Waals surface area contributed by atoms with Crippen LogP contribution in [0.5, 0.6) is 5.75 Å². The van der Waals surface area contributed by atoms with E-state index >= 15 is 0 Å². The van der Waals surface area contributed by atoms with Gasteiger partial charge in [-0.3, -0.25) is 0 Å². The van der Waals surface area contributed by atoms with E-state index in [1.54, 1.807) is 6.33 Å². The molecule has 2 N–H and O–H groups in total. The highest BCUT2D eigenvalue weighted by Crippen LogP contribution is 2.19. The number of nitrogens with one attached hydrogen (secondary N) is 1. The quantitative estimate of drug-likeness (QED) is 0.352. The number of aromatic nitrogens is 2. The van der Waals surface area contributed by atoms with Crippen molar-refractivity contribution in [2.45, 2.75) is 25.7 Å². The largest absolute Gasteiger partial charge is 0.494 e. The van der Waals surface area contributed by atoms with Crippen molar-refractivity contribution in [3.05, 3.63) is 48.0 Å². The molecule has 0 fully saturated rings. The Labute approximate surface area is 118 Å². The van der Waals surface area contributed by atoms with Crippen molar-refractivity contribution in [1.82, 2.24) is 9.97 Å². The molecule has 20 heavy (non-hydrogen) atoms. The average molecular weight is 273 g/mol. The number of ether oxygens (including phenoxy) is 1. The van der Waals surface area contributed by atoms with Gasteiger partial charge in [-0.05, 0) is 30.5 Å². The second-order valence-corrected chi connectivity index (χ2v) is 4.65. The molecule has 0 aliphatic carbocycles. The van der Waals surface area contributed by atoms with Crippen molar-refractivity contribution < 1.29 is 9.94 Å². The van der Waals surface area contributed by atoms with E-state index in [-0.39, 0.29) is 5.92 Å². The maximum Gasteiger partial charge on any atom is 0.119 e. The first kappa shape index (κ1) is 14.1. The summed E-state index contributed by atoms with van der Waals surface area (Å²) in [6.45, 7) is 2.63. The van der Waals surface area contributed by atoms with Crippen LogP contribution in [0.3, 0.4) is 0 Å². The number of aryl methyl sites for hydroxylation is 1. The lowest BCUT2D eigenvalue weighted by Gasteiger charge is -2.09. The number of H-pyrrole nitrogens is 1. The number of hydrogen-bond donors (Lipinski definition) is 2. The Morgan fingerprint density at radius 1 is 1.50 bits per heavy atom. The van der Waals surface area contributed by atoms with Gasteiger partial charge in [0.25, 0.3) is 0 Å². The zero-order chi connectivity index (χ0) is 14.2. The average Bonchev–Trinajstić information content (AvgIpc) is 2.97. The SMILES string of the molecule is CC(/C=N\O)c1cccc(OCCCc2cnc[nH]2)c1. The van der Waals surface area contributed by atoms with Gasteiger partial charge in [0.05, 0.1) is 19.1 Å². The topological polar surface area (TPSA) is 70.5 Å². The van der Waals surface area contributed by atoms with E-state index in [9.17, 15) is 0 Å². The molecule has 0 spiro atoms. The van der Waals surface area contributed by atoms with Gasteiger partial charge in [-0.1, -0.05) is 19.1 Å². The predicted octanol–water partition coefficient (Wildman–Crippen LogP) is 2.98. The molecule has 5 heteroatoms. The third-order valence-corrected chi connectivity index (χ3v) is 3.09. The van der Waals surface area contributed by atoms with Crippen molar-refractivity contribution in [2.24, 2.45) is 5.16 Å². The molecule has 1 aromatic heterocycles. The molecule has 0 aliphatic heterocycles. The summed E-state index contributed by atoms with van der Waals surface area (Å²) >= 11 is 0. The second kappa shape index (κ2) is 7.33. The molecule has 0 saturated carbocycles. The molecule has 1 aromatic carbocycles. The molecule has 0 saturated heterocycles.